The molecule has 0 spiro atoms. The Morgan fingerprint density at radius 3 is 1.80 bits per heavy atom. The molecular formula is C8H17N5O2. The van der Waals surface area contributed by atoms with Crippen LogP contribution in [0.5, 0.6) is 0 Å². The first kappa shape index (κ1) is 13.4. The van der Waals surface area contributed by atoms with Crippen molar-refractivity contribution in [2.45, 2.75) is 12.8 Å². The van der Waals surface area contributed by atoms with E-state index in [0.29, 0.717) is 25.9 Å². The number of amidine groups is 2. The van der Waals surface area contributed by atoms with Crippen molar-refractivity contribution in [1.82, 2.24) is 4.90 Å². The van der Waals surface area contributed by atoms with Crippen LogP contribution in [0.1, 0.15) is 12.8 Å². The second kappa shape index (κ2) is 6.77. The van der Waals surface area contributed by atoms with Crippen LogP contribution in [0.25, 0.3) is 0 Å². The summed E-state index contributed by atoms with van der Waals surface area (Å²) in [5.41, 5.74) is 10.3. The number of nitrogens with zero attached hydrogens (tertiary/aromatic N) is 1. The number of carboxylic acids is 1. The van der Waals surface area contributed by atoms with Gasteiger partial charge in [0.1, 0.15) is 0 Å². The minimum Gasteiger partial charge on any atom is -0.480 e. The zero-order valence-corrected chi connectivity index (χ0v) is 8.49. The van der Waals surface area contributed by atoms with E-state index in [0.717, 1.165) is 0 Å². The predicted octanol–water partition coefficient (Wildman–Crippen LogP) is -0.975. The Morgan fingerprint density at radius 2 is 1.53 bits per heavy atom. The van der Waals surface area contributed by atoms with Crippen LogP contribution in [0.15, 0.2) is 0 Å². The summed E-state index contributed by atoms with van der Waals surface area (Å²) in [4.78, 5) is 12.1. The Morgan fingerprint density at radius 1 is 1.13 bits per heavy atom. The number of nitrogens with one attached hydrogen (secondary N) is 2. The molecule has 0 aliphatic heterocycles. The third-order valence-electron chi connectivity index (χ3n) is 1.75. The molecule has 0 saturated heterocycles. The summed E-state index contributed by atoms with van der Waals surface area (Å²) in [7, 11) is 0. The molecule has 0 rings (SSSR count). The highest BCUT2D eigenvalue weighted by Gasteiger charge is 2.09. The lowest BCUT2D eigenvalue weighted by Gasteiger charge is -2.19. The van der Waals surface area contributed by atoms with E-state index in [1.54, 1.807) is 4.90 Å². The SMILES string of the molecule is N=C(N)CCN(CCC(=N)N)CC(=O)O. The quantitative estimate of drug-likeness (QED) is 0.261. The van der Waals surface area contributed by atoms with Crippen molar-refractivity contribution >= 4 is 17.6 Å². The van der Waals surface area contributed by atoms with Gasteiger partial charge in [0.2, 0.25) is 0 Å². The summed E-state index contributed by atoms with van der Waals surface area (Å²) >= 11 is 0. The van der Waals surface area contributed by atoms with Gasteiger partial charge in [-0.25, -0.2) is 0 Å². The molecule has 0 aliphatic carbocycles. The van der Waals surface area contributed by atoms with Crippen molar-refractivity contribution in [2.24, 2.45) is 11.5 Å². The Balaban J connectivity index is 3.99. The van der Waals surface area contributed by atoms with Gasteiger partial charge in [-0.05, 0) is 0 Å². The highest BCUT2D eigenvalue weighted by atomic mass is 16.4. The second-order valence-electron chi connectivity index (χ2n) is 3.22. The third kappa shape index (κ3) is 8.69. The van der Waals surface area contributed by atoms with Crippen molar-refractivity contribution < 1.29 is 9.90 Å². The molecule has 0 unspecified atom stereocenters. The molecule has 0 aromatic heterocycles. The van der Waals surface area contributed by atoms with Gasteiger partial charge in [-0.15, -0.1) is 0 Å². The van der Waals surface area contributed by atoms with Crippen molar-refractivity contribution in [3.8, 4) is 0 Å². The summed E-state index contributed by atoms with van der Waals surface area (Å²) in [6.45, 7) is 0.671. The zero-order chi connectivity index (χ0) is 11.8. The zero-order valence-electron chi connectivity index (χ0n) is 8.49. The molecule has 15 heavy (non-hydrogen) atoms. The van der Waals surface area contributed by atoms with Crippen LogP contribution < -0.4 is 11.5 Å². The first-order chi connectivity index (χ1) is 6.91. The van der Waals surface area contributed by atoms with Gasteiger partial charge in [-0.3, -0.25) is 20.5 Å². The molecule has 0 aromatic rings. The molecular weight excluding hydrogens is 198 g/mol. The van der Waals surface area contributed by atoms with Gasteiger partial charge in [-0.1, -0.05) is 0 Å². The number of carboxylic acid groups (broad SMARTS) is 1. The van der Waals surface area contributed by atoms with Gasteiger partial charge in [0, 0.05) is 25.9 Å². The normalized spacial score (nSPS) is 10.2. The molecule has 0 heterocycles. The molecule has 7 nitrogen and oxygen atoms in total. The maximum absolute atomic E-state index is 10.5. The minimum atomic E-state index is -0.942. The molecule has 7 N–H and O–H groups in total. The van der Waals surface area contributed by atoms with Crippen LogP contribution in [0, 0.1) is 10.8 Å². The van der Waals surface area contributed by atoms with E-state index in [-0.39, 0.29) is 18.2 Å². The monoisotopic (exact) mass is 215 g/mol. The van der Waals surface area contributed by atoms with E-state index < -0.39 is 5.97 Å². The lowest BCUT2D eigenvalue weighted by atomic mass is 10.3. The Bertz CT molecular complexity index is 235. The summed E-state index contributed by atoms with van der Waals surface area (Å²) in [5, 5.41) is 22.6. The predicted molar refractivity (Wildman–Crippen MR) is 57.1 cm³/mol. The molecule has 0 amide bonds. The highest BCUT2D eigenvalue weighted by molar-refractivity contribution is 5.78. The fourth-order valence-electron chi connectivity index (χ4n) is 1.02. The van der Waals surface area contributed by atoms with Crippen LogP contribution in [-0.4, -0.2) is 47.3 Å². The Hall–Kier alpha value is -1.63. The van der Waals surface area contributed by atoms with Crippen LogP contribution in [-0.2, 0) is 4.79 Å². The smallest absolute Gasteiger partial charge is 0.317 e. The molecule has 0 saturated carbocycles. The van der Waals surface area contributed by atoms with E-state index in [2.05, 4.69) is 0 Å². The lowest BCUT2D eigenvalue weighted by Crippen LogP contribution is -2.35. The van der Waals surface area contributed by atoms with Crippen LogP contribution >= 0.6 is 0 Å². The fourth-order valence-corrected chi connectivity index (χ4v) is 1.02. The van der Waals surface area contributed by atoms with Crippen molar-refractivity contribution in [3.63, 3.8) is 0 Å². The van der Waals surface area contributed by atoms with E-state index >= 15 is 0 Å². The summed E-state index contributed by atoms with van der Waals surface area (Å²) in [6, 6.07) is 0. The fraction of sp³-hybridized carbons (Fsp3) is 0.625. The highest BCUT2D eigenvalue weighted by Crippen LogP contribution is 1.94. The van der Waals surface area contributed by atoms with E-state index in [4.69, 9.17) is 27.4 Å². The summed E-state index contributed by atoms with van der Waals surface area (Å²) in [6.07, 6.45) is 0.649. The molecule has 7 heteroatoms. The van der Waals surface area contributed by atoms with E-state index in [1.165, 1.54) is 0 Å². The standard InChI is InChI=1S/C8H17N5O2/c9-6(10)1-3-13(5-8(14)15)4-2-7(11)12/h1-5H2,(H3,9,10)(H3,11,12)(H,14,15). The first-order valence-electron chi connectivity index (χ1n) is 4.51. The summed E-state index contributed by atoms with van der Waals surface area (Å²) < 4.78 is 0. The van der Waals surface area contributed by atoms with Gasteiger partial charge in [0.05, 0.1) is 18.2 Å². The molecule has 0 bridgehead atoms. The molecule has 0 radical (unpaired) electrons. The average molecular weight is 215 g/mol. The number of hydrogen-bond donors (Lipinski definition) is 5. The number of aliphatic carboxylic acids is 1. The molecule has 86 valence electrons. The summed E-state index contributed by atoms with van der Waals surface area (Å²) in [5.74, 6) is -0.900. The average Bonchev–Trinajstić information content (AvgIpc) is 2.08. The number of nitrogens with two attached hydrogens (primary N) is 2. The van der Waals surface area contributed by atoms with Gasteiger partial charge in [0.25, 0.3) is 0 Å². The Kier molecular flexibility index (Phi) is 6.03. The molecule has 0 aromatic carbocycles. The van der Waals surface area contributed by atoms with Crippen molar-refractivity contribution in [2.75, 3.05) is 19.6 Å². The third-order valence-corrected chi connectivity index (χ3v) is 1.75. The Labute approximate surface area is 88.1 Å². The van der Waals surface area contributed by atoms with Crippen LogP contribution in [0.4, 0.5) is 0 Å². The minimum absolute atomic E-state index is 0.0215. The van der Waals surface area contributed by atoms with E-state index in [9.17, 15) is 4.79 Å². The number of carbonyl (C=O) groups is 1. The van der Waals surface area contributed by atoms with Gasteiger partial charge in [0.15, 0.2) is 0 Å². The largest absolute Gasteiger partial charge is 0.480 e. The maximum Gasteiger partial charge on any atom is 0.317 e. The first-order valence-corrected chi connectivity index (χ1v) is 4.51. The number of rotatable bonds is 8. The van der Waals surface area contributed by atoms with Crippen LogP contribution in [0.2, 0.25) is 0 Å². The maximum atomic E-state index is 10.5. The van der Waals surface area contributed by atoms with Crippen molar-refractivity contribution in [3.05, 3.63) is 0 Å². The molecule has 0 aliphatic rings. The van der Waals surface area contributed by atoms with Crippen molar-refractivity contribution in [1.29, 1.82) is 10.8 Å². The molecule has 0 atom stereocenters. The van der Waals surface area contributed by atoms with Gasteiger partial charge >= 0.3 is 5.97 Å². The van der Waals surface area contributed by atoms with Gasteiger partial charge in [-0.2, -0.15) is 0 Å². The van der Waals surface area contributed by atoms with Gasteiger partial charge < -0.3 is 16.6 Å². The number of hydrogen-bond acceptors (Lipinski definition) is 4. The second-order valence-corrected chi connectivity index (χ2v) is 3.22. The van der Waals surface area contributed by atoms with E-state index in [1.807, 2.05) is 0 Å². The van der Waals surface area contributed by atoms with Crippen LogP contribution in [0.3, 0.4) is 0 Å². The molecule has 0 fully saturated rings. The lowest BCUT2D eigenvalue weighted by molar-refractivity contribution is -0.138. The topological polar surface area (TPSA) is 140 Å².